The number of benzene rings is 1. The molecule has 0 unspecified atom stereocenters. The predicted octanol–water partition coefficient (Wildman–Crippen LogP) is -1.20. The van der Waals surface area contributed by atoms with Crippen LogP contribution >= 0.6 is 0 Å². The van der Waals surface area contributed by atoms with E-state index >= 15 is 0 Å². The Balaban J connectivity index is 2.75. The van der Waals surface area contributed by atoms with Crippen molar-refractivity contribution in [3.8, 4) is 5.69 Å². The average Bonchev–Trinajstić information content (AvgIpc) is 2.19. The van der Waals surface area contributed by atoms with Gasteiger partial charge in [-0.1, -0.05) is 0 Å². The first kappa shape index (κ1) is 9.97. The van der Waals surface area contributed by atoms with Crippen LogP contribution in [-0.2, 0) is 0 Å². The Kier molecular flexibility index (Phi) is 2.20. The first-order valence-electron chi connectivity index (χ1n) is 4.39. The number of nitrogens with two attached hydrogens (primary N) is 1. The maximum Gasteiger partial charge on any atom is 0.338 e. The fourth-order valence-corrected chi connectivity index (χ4v) is 1.29. The van der Waals surface area contributed by atoms with Crippen LogP contribution in [0.15, 0.2) is 38.6 Å². The number of nitrogens with zero attached hydrogens (tertiary/aromatic N) is 1. The summed E-state index contributed by atoms with van der Waals surface area (Å²) in [7, 11) is 0. The van der Waals surface area contributed by atoms with Crippen LogP contribution in [0.2, 0.25) is 0 Å². The van der Waals surface area contributed by atoms with E-state index in [2.05, 4.69) is 0 Å². The Hall–Kier alpha value is -2.57. The molecular formula is C9H8N4O3. The van der Waals surface area contributed by atoms with Crippen LogP contribution in [0.5, 0.6) is 0 Å². The monoisotopic (exact) mass is 220 g/mol. The molecule has 7 nitrogen and oxygen atoms in total. The minimum Gasteiger partial charge on any atom is -0.399 e. The molecule has 0 saturated heterocycles. The predicted molar refractivity (Wildman–Crippen MR) is 57.7 cm³/mol. The van der Waals surface area contributed by atoms with E-state index in [0.717, 1.165) is 4.57 Å². The molecule has 0 radical (unpaired) electrons. The first-order chi connectivity index (χ1) is 7.58. The van der Waals surface area contributed by atoms with Crippen molar-refractivity contribution in [1.82, 2.24) is 14.5 Å². The van der Waals surface area contributed by atoms with E-state index in [0.29, 0.717) is 11.4 Å². The van der Waals surface area contributed by atoms with Crippen LogP contribution < -0.4 is 22.8 Å². The van der Waals surface area contributed by atoms with Gasteiger partial charge in [-0.05, 0) is 24.3 Å². The van der Waals surface area contributed by atoms with Crippen LogP contribution in [-0.4, -0.2) is 14.5 Å². The fourth-order valence-electron chi connectivity index (χ4n) is 1.29. The summed E-state index contributed by atoms with van der Waals surface area (Å²) in [6.45, 7) is 0. The molecule has 0 aliphatic heterocycles. The standard InChI is InChI=1S/C9H8N4O3/c10-5-1-3-6(4-2-5)13-8(15)11-7(14)12-9(13)16/h1-4H,10H2,(H2,11,12,14,15,16). The molecule has 0 spiro atoms. The molecule has 1 aromatic carbocycles. The summed E-state index contributed by atoms with van der Waals surface area (Å²) in [5, 5.41) is 0. The topological polar surface area (TPSA) is 114 Å². The van der Waals surface area contributed by atoms with E-state index in [1.807, 2.05) is 9.97 Å². The van der Waals surface area contributed by atoms with Gasteiger partial charge >= 0.3 is 17.1 Å². The van der Waals surface area contributed by atoms with E-state index in [4.69, 9.17) is 5.73 Å². The highest BCUT2D eigenvalue weighted by Crippen LogP contribution is 2.06. The second kappa shape index (κ2) is 3.54. The van der Waals surface area contributed by atoms with Gasteiger partial charge in [-0.15, -0.1) is 0 Å². The van der Waals surface area contributed by atoms with Gasteiger partial charge in [0.2, 0.25) is 0 Å². The zero-order valence-corrected chi connectivity index (χ0v) is 8.06. The minimum absolute atomic E-state index is 0.330. The number of H-pyrrole nitrogens is 2. The van der Waals surface area contributed by atoms with Gasteiger partial charge in [-0.2, -0.15) is 0 Å². The number of aromatic nitrogens is 3. The van der Waals surface area contributed by atoms with Gasteiger partial charge in [0.05, 0.1) is 5.69 Å². The van der Waals surface area contributed by atoms with Crippen molar-refractivity contribution in [2.75, 3.05) is 5.73 Å². The van der Waals surface area contributed by atoms with Crippen molar-refractivity contribution in [3.05, 3.63) is 55.7 Å². The zero-order chi connectivity index (χ0) is 11.7. The Labute approximate surface area is 88.2 Å². The minimum atomic E-state index is -0.832. The number of nitrogen functional groups attached to an aromatic ring is 1. The maximum absolute atomic E-state index is 11.4. The van der Waals surface area contributed by atoms with Crippen molar-refractivity contribution in [2.24, 2.45) is 0 Å². The average molecular weight is 220 g/mol. The molecule has 0 aliphatic rings. The van der Waals surface area contributed by atoms with Crippen molar-refractivity contribution in [1.29, 1.82) is 0 Å². The van der Waals surface area contributed by atoms with E-state index in [-0.39, 0.29) is 0 Å². The maximum atomic E-state index is 11.4. The molecule has 0 fully saturated rings. The third-order valence-corrected chi connectivity index (χ3v) is 2.00. The summed E-state index contributed by atoms with van der Waals surface area (Å²) in [4.78, 5) is 37.5. The summed E-state index contributed by atoms with van der Waals surface area (Å²) < 4.78 is 0.806. The molecule has 2 rings (SSSR count). The van der Waals surface area contributed by atoms with Gasteiger partial charge in [0.1, 0.15) is 0 Å². The molecule has 0 bridgehead atoms. The van der Waals surface area contributed by atoms with E-state index < -0.39 is 17.1 Å². The smallest absolute Gasteiger partial charge is 0.338 e. The molecule has 0 atom stereocenters. The molecule has 7 heteroatoms. The highest BCUT2D eigenvalue weighted by Gasteiger charge is 2.04. The number of rotatable bonds is 1. The molecule has 0 saturated carbocycles. The van der Waals surface area contributed by atoms with Crippen molar-refractivity contribution in [2.45, 2.75) is 0 Å². The Morgan fingerprint density at radius 1 is 0.938 bits per heavy atom. The quantitative estimate of drug-likeness (QED) is 0.523. The lowest BCUT2D eigenvalue weighted by molar-refractivity contribution is 0.784. The number of hydrogen-bond donors (Lipinski definition) is 3. The molecule has 0 amide bonds. The van der Waals surface area contributed by atoms with Gasteiger partial charge in [0.15, 0.2) is 0 Å². The van der Waals surface area contributed by atoms with Crippen molar-refractivity contribution < 1.29 is 0 Å². The number of nitrogens with one attached hydrogen (secondary N) is 2. The fraction of sp³-hybridized carbons (Fsp3) is 0. The van der Waals surface area contributed by atoms with Gasteiger partial charge in [0, 0.05) is 5.69 Å². The highest BCUT2D eigenvalue weighted by molar-refractivity contribution is 5.44. The molecule has 2 aromatic rings. The third-order valence-electron chi connectivity index (χ3n) is 2.00. The highest BCUT2D eigenvalue weighted by atomic mass is 16.2. The van der Waals surface area contributed by atoms with Crippen LogP contribution in [0, 0.1) is 0 Å². The largest absolute Gasteiger partial charge is 0.399 e. The summed E-state index contributed by atoms with van der Waals surface area (Å²) >= 11 is 0. The summed E-state index contributed by atoms with van der Waals surface area (Å²) in [6, 6.07) is 6.10. The first-order valence-corrected chi connectivity index (χ1v) is 4.39. The molecule has 1 heterocycles. The van der Waals surface area contributed by atoms with E-state index in [9.17, 15) is 14.4 Å². The van der Waals surface area contributed by atoms with Gasteiger partial charge in [0.25, 0.3) is 0 Å². The van der Waals surface area contributed by atoms with E-state index in [1.54, 1.807) is 12.1 Å². The van der Waals surface area contributed by atoms with Gasteiger partial charge < -0.3 is 5.73 Å². The lowest BCUT2D eigenvalue weighted by Crippen LogP contribution is -2.42. The molecule has 82 valence electrons. The van der Waals surface area contributed by atoms with E-state index in [1.165, 1.54) is 12.1 Å². The summed E-state index contributed by atoms with van der Waals surface area (Å²) in [5.41, 5.74) is 3.90. The lowest BCUT2D eigenvalue weighted by atomic mass is 10.3. The van der Waals surface area contributed by atoms with Gasteiger partial charge in [-0.3, -0.25) is 9.97 Å². The molecule has 1 aromatic heterocycles. The number of hydrogen-bond acceptors (Lipinski definition) is 4. The van der Waals surface area contributed by atoms with Gasteiger partial charge in [-0.25, -0.2) is 19.0 Å². The molecule has 16 heavy (non-hydrogen) atoms. The number of anilines is 1. The Morgan fingerprint density at radius 3 is 1.94 bits per heavy atom. The second-order valence-electron chi connectivity index (χ2n) is 3.12. The van der Waals surface area contributed by atoms with Crippen molar-refractivity contribution in [3.63, 3.8) is 0 Å². The summed E-state index contributed by atoms with van der Waals surface area (Å²) in [6.07, 6.45) is 0. The normalized spacial score (nSPS) is 10.2. The molecular weight excluding hydrogens is 212 g/mol. The molecule has 4 N–H and O–H groups in total. The SMILES string of the molecule is Nc1ccc(-n2c(=O)[nH]c(=O)[nH]c2=O)cc1. The van der Waals surface area contributed by atoms with Crippen molar-refractivity contribution >= 4 is 5.69 Å². The summed E-state index contributed by atoms with van der Waals surface area (Å²) in [5.74, 6) is 0. The lowest BCUT2D eigenvalue weighted by Gasteiger charge is -2.02. The van der Waals surface area contributed by atoms with Crippen LogP contribution in [0.3, 0.4) is 0 Å². The Morgan fingerprint density at radius 2 is 1.44 bits per heavy atom. The second-order valence-corrected chi connectivity index (χ2v) is 3.12. The van der Waals surface area contributed by atoms with Crippen LogP contribution in [0.1, 0.15) is 0 Å². The number of aromatic amines is 2. The third kappa shape index (κ3) is 1.65. The zero-order valence-electron chi connectivity index (χ0n) is 8.06. The van der Waals surface area contributed by atoms with Crippen LogP contribution in [0.4, 0.5) is 5.69 Å². The molecule has 0 aliphatic carbocycles. The Bertz CT molecular complexity index is 643. The van der Waals surface area contributed by atoms with Crippen LogP contribution in [0.25, 0.3) is 5.69 Å².